The third-order valence-corrected chi connectivity index (χ3v) is 18.0. The van der Waals surface area contributed by atoms with Gasteiger partial charge in [0, 0.05) is 72.5 Å². The van der Waals surface area contributed by atoms with Gasteiger partial charge in [-0.25, -0.2) is 4.79 Å². The highest BCUT2D eigenvalue weighted by Gasteiger charge is 2.55. The number of halogens is 2. The van der Waals surface area contributed by atoms with Crippen LogP contribution in [0.3, 0.4) is 0 Å². The summed E-state index contributed by atoms with van der Waals surface area (Å²) in [5, 5.41) is 10.8. The van der Waals surface area contributed by atoms with Crippen LogP contribution in [0, 0.1) is 11.8 Å². The van der Waals surface area contributed by atoms with Gasteiger partial charge < -0.3 is 55.2 Å². The maximum atomic E-state index is 15.9. The highest BCUT2D eigenvalue weighted by atomic mass is 31.2. The number of piperidine rings is 1. The minimum Gasteiger partial charge on any atom is -0.447 e. The first-order valence-corrected chi connectivity index (χ1v) is 30.5. The molecule has 3 fully saturated rings. The number of hydrogen-bond donors (Lipinski definition) is 6. The number of rotatable bonds is 22. The molecule has 0 radical (unpaired) electrons. The Kier molecular flexibility index (Phi) is 20.0. The molecule has 0 spiro atoms. The number of fused-ring (bicyclic) bond motifs is 3. The lowest BCUT2D eigenvalue weighted by Gasteiger charge is -2.39. The van der Waals surface area contributed by atoms with Crippen molar-refractivity contribution in [3.05, 3.63) is 142 Å². The van der Waals surface area contributed by atoms with E-state index in [4.69, 9.17) is 19.5 Å². The Morgan fingerprint density at radius 2 is 1.55 bits per heavy atom. The zero-order valence-electron chi connectivity index (χ0n) is 48.0. The molecule has 458 valence electrons. The molecule has 5 atom stereocenters. The van der Waals surface area contributed by atoms with Gasteiger partial charge >= 0.3 is 19.4 Å². The van der Waals surface area contributed by atoms with Crippen LogP contribution < -0.4 is 27.0 Å². The summed E-state index contributed by atoms with van der Waals surface area (Å²) in [5.74, 6) is 1.77. The minimum absolute atomic E-state index is 0.0763. The number of nitrogens with two attached hydrogens (primary N) is 1. The molecule has 3 saturated heterocycles. The van der Waals surface area contributed by atoms with Crippen molar-refractivity contribution in [3.8, 4) is 11.8 Å². The molecule has 9 amide bonds. The zero-order valence-corrected chi connectivity index (χ0v) is 48.9. The number of carbonyl (C=O) groups is 9. The molecule has 5 aromatic rings. The standard InChI is InChI=1S/C62H68F2N9O13P/c1-3-85-87(83,86-4-2)62(63,64)42-25-27-46-41(33-42)34-47(66-46)55(76)67-48-36-71(53(75)24-15-7-5-6-10-17-38-22-16-23-44-45(38)35-72(59(44)80)50-29-30-52(74)69-57(50)78)32-31-43-26-28-51(73(43)60(48)81)58(79)68-49(37-84-61(65)82)56(77)70-54(39-18-11-8-12-19-39)40-20-13-9-14-21-40/h8-9,11-14,16,18-23,25,27,33-34,43,48-51,54,66H,3-7,15,24,26,28-32,35-37H2,1-2H3,(H2,65,82)(H,67,76)(H,68,79)(H,70,77)(H,69,74,78)/t43-,48+,49?,50?,51+/m1/s1. The SMILES string of the molecule is CCOP(=O)(OCC)C(F)(F)c1ccc2[nH]c(C(=O)N[C@H]3CN(C(=O)CCCCCC#Cc4cccc5c4CN(C4CCC(=O)NC4=O)C5=O)CC[C@H]4CC[C@@H](C(=O)NC(COC(N)=O)C(=O)NC(c5ccccc5)c5ccccc5)N4C3=O)cc2c1. The molecule has 0 aliphatic carbocycles. The summed E-state index contributed by atoms with van der Waals surface area (Å²) in [7, 11) is -5.00. The van der Waals surface area contributed by atoms with Gasteiger partial charge in [-0.15, -0.1) is 0 Å². The molecular weight excluding hydrogens is 1150 g/mol. The van der Waals surface area contributed by atoms with Crippen LogP contribution in [0.4, 0.5) is 13.6 Å². The van der Waals surface area contributed by atoms with E-state index in [1.807, 2.05) is 36.4 Å². The number of H-pyrrole nitrogens is 1. The molecular formula is C62H68F2N9O13P. The Hall–Kier alpha value is -8.78. The molecule has 7 N–H and O–H groups in total. The molecule has 25 heteroatoms. The first-order valence-electron chi connectivity index (χ1n) is 29.0. The quantitative estimate of drug-likeness (QED) is 0.0189. The summed E-state index contributed by atoms with van der Waals surface area (Å²) < 4.78 is 60.1. The maximum absolute atomic E-state index is 15.9. The number of nitrogens with one attached hydrogen (secondary N) is 5. The van der Waals surface area contributed by atoms with E-state index in [-0.39, 0.29) is 99.3 Å². The Labute approximate surface area is 500 Å². The summed E-state index contributed by atoms with van der Waals surface area (Å²) in [6.45, 7) is 1.49. The summed E-state index contributed by atoms with van der Waals surface area (Å²) in [4.78, 5) is 129. The summed E-state index contributed by atoms with van der Waals surface area (Å²) in [6.07, 6.45) is 2.02. The Morgan fingerprint density at radius 3 is 2.23 bits per heavy atom. The predicted molar refractivity (Wildman–Crippen MR) is 312 cm³/mol. The fraction of sp³-hybridized carbons (Fsp3) is 0.403. The summed E-state index contributed by atoms with van der Waals surface area (Å²) in [5.41, 5.74) is 3.88. The average molecular weight is 1220 g/mol. The first kappa shape index (κ1) is 62.7. The number of aromatic nitrogens is 1. The number of imide groups is 1. The second kappa shape index (κ2) is 27.7. The average Bonchev–Trinajstić information content (AvgIpc) is 1.91. The van der Waals surface area contributed by atoms with Crippen molar-refractivity contribution in [2.24, 2.45) is 5.73 Å². The van der Waals surface area contributed by atoms with Crippen molar-refractivity contribution >= 4 is 71.8 Å². The monoisotopic (exact) mass is 1220 g/mol. The van der Waals surface area contributed by atoms with Gasteiger partial charge in [0.25, 0.3) is 11.8 Å². The van der Waals surface area contributed by atoms with Crippen molar-refractivity contribution in [2.45, 2.75) is 127 Å². The normalized spacial score (nSPS) is 19.1. The molecule has 9 rings (SSSR count). The Bertz CT molecular complexity index is 3510. The lowest BCUT2D eigenvalue weighted by molar-refractivity contribution is -0.146. The largest absolute Gasteiger partial charge is 0.447 e. The second-order valence-corrected chi connectivity index (χ2v) is 23.6. The molecule has 4 aromatic carbocycles. The van der Waals surface area contributed by atoms with Gasteiger partial charge in [-0.1, -0.05) is 91.1 Å². The highest BCUT2D eigenvalue weighted by molar-refractivity contribution is 7.54. The third-order valence-electron chi connectivity index (χ3n) is 15.9. The van der Waals surface area contributed by atoms with Gasteiger partial charge in [-0.3, -0.25) is 48.2 Å². The van der Waals surface area contributed by atoms with E-state index in [0.717, 1.165) is 12.1 Å². The number of ether oxygens (including phenoxy) is 1. The summed E-state index contributed by atoms with van der Waals surface area (Å²) >= 11 is 0. The Balaban J connectivity index is 0.902. The first-order chi connectivity index (χ1) is 41.8. The number of hydrogen-bond acceptors (Lipinski definition) is 13. The van der Waals surface area contributed by atoms with Crippen LogP contribution in [0.5, 0.6) is 0 Å². The number of nitrogens with zero attached hydrogens (tertiary/aromatic N) is 3. The van der Waals surface area contributed by atoms with E-state index in [2.05, 4.69) is 38.1 Å². The summed E-state index contributed by atoms with van der Waals surface area (Å²) in [6, 6.07) is 21.7. The Morgan fingerprint density at radius 1 is 0.839 bits per heavy atom. The van der Waals surface area contributed by atoms with Crippen LogP contribution in [0.1, 0.15) is 133 Å². The number of benzene rings is 4. The molecule has 4 aliphatic heterocycles. The predicted octanol–water partition coefficient (Wildman–Crippen LogP) is 6.42. The minimum atomic E-state index is -5.00. The zero-order chi connectivity index (χ0) is 62.0. The lowest BCUT2D eigenvalue weighted by atomic mass is 9.98. The fourth-order valence-corrected chi connectivity index (χ4v) is 13.1. The van der Waals surface area contributed by atoms with Crippen LogP contribution in [0.25, 0.3) is 10.9 Å². The van der Waals surface area contributed by atoms with Crippen LogP contribution in [0.15, 0.2) is 103 Å². The van der Waals surface area contributed by atoms with Crippen molar-refractivity contribution in [3.63, 3.8) is 0 Å². The smallest absolute Gasteiger partial charge is 0.404 e. The fourth-order valence-electron chi connectivity index (χ4n) is 11.5. The molecule has 0 saturated carbocycles. The van der Waals surface area contributed by atoms with E-state index < -0.39 is 97.3 Å². The molecule has 0 bridgehead atoms. The van der Waals surface area contributed by atoms with Gasteiger partial charge in [0.15, 0.2) is 0 Å². The van der Waals surface area contributed by atoms with E-state index in [1.54, 1.807) is 42.5 Å². The third kappa shape index (κ3) is 14.2. The van der Waals surface area contributed by atoms with Gasteiger partial charge in [0.05, 0.1) is 19.3 Å². The number of carbonyl (C=O) groups excluding carboxylic acids is 9. The van der Waals surface area contributed by atoms with Crippen molar-refractivity contribution in [1.82, 2.24) is 41.0 Å². The number of aromatic amines is 1. The molecule has 87 heavy (non-hydrogen) atoms. The number of alkyl halides is 2. The van der Waals surface area contributed by atoms with Gasteiger partial charge in [0.1, 0.15) is 36.5 Å². The maximum Gasteiger partial charge on any atom is 0.404 e. The van der Waals surface area contributed by atoms with Gasteiger partial charge in [0.2, 0.25) is 35.4 Å². The van der Waals surface area contributed by atoms with Crippen molar-refractivity contribution < 1.29 is 70.3 Å². The van der Waals surface area contributed by atoms with Crippen molar-refractivity contribution in [1.29, 1.82) is 0 Å². The topological polar surface area (TPSA) is 298 Å². The molecule has 22 nitrogen and oxygen atoms in total. The van der Waals surface area contributed by atoms with Crippen LogP contribution in [-0.4, -0.2) is 136 Å². The van der Waals surface area contributed by atoms with Crippen LogP contribution >= 0.6 is 7.60 Å². The second-order valence-electron chi connectivity index (χ2n) is 21.6. The molecule has 4 aliphatic rings. The number of unbranched alkanes of at least 4 members (excludes halogenated alkanes) is 3. The van der Waals surface area contributed by atoms with E-state index in [0.29, 0.717) is 59.9 Å². The van der Waals surface area contributed by atoms with E-state index in [1.165, 1.54) is 40.7 Å². The lowest BCUT2D eigenvalue weighted by Crippen LogP contribution is -2.62. The van der Waals surface area contributed by atoms with Crippen molar-refractivity contribution in [2.75, 3.05) is 32.9 Å². The number of primary amides is 1. The molecule has 5 heterocycles. The highest BCUT2D eigenvalue weighted by Crippen LogP contribution is 2.67. The van der Waals surface area contributed by atoms with Crippen LogP contribution in [0.2, 0.25) is 0 Å². The van der Waals surface area contributed by atoms with E-state index >= 15 is 13.6 Å². The van der Waals surface area contributed by atoms with Gasteiger partial charge in [-0.2, -0.15) is 8.78 Å². The van der Waals surface area contributed by atoms with Crippen LogP contribution in [-0.2, 0) is 59.3 Å². The van der Waals surface area contributed by atoms with Gasteiger partial charge in [-0.05, 0) is 99.4 Å². The van der Waals surface area contributed by atoms with E-state index in [9.17, 15) is 42.9 Å². The molecule has 1 aromatic heterocycles. The number of amides is 9. The molecule has 2 unspecified atom stereocenters.